The summed E-state index contributed by atoms with van der Waals surface area (Å²) in [7, 11) is 1.18. The number of allylic oxidation sites excluding steroid dienone is 12. The monoisotopic (exact) mass is 816 g/mol. The SMILES string of the molecule is C=CC1=C(C)C2=NC1=CC1=NC(=CC3=C(C)C4=C(O)[C@@](O)(C(=O)OC)C(=C5NC(=C2)[C@@H](C)C5CCC(=O)OC/C=C(\C)CCCC(C)CCCC(C)C)C4=N3)C(CC)=C1C. The van der Waals surface area contributed by atoms with Crippen LogP contribution < -0.4 is 5.32 Å². The Labute approximate surface area is 356 Å². The average molecular weight is 817 g/mol. The number of nitrogens with one attached hydrogen (secondary N) is 1. The van der Waals surface area contributed by atoms with E-state index in [4.69, 9.17) is 24.5 Å². The minimum atomic E-state index is -2.55. The number of methoxy groups -OCH3 is 1. The van der Waals surface area contributed by atoms with Crippen molar-refractivity contribution in [2.45, 2.75) is 126 Å². The van der Waals surface area contributed by atoms with E-state index in [0.717, 1.165) is 76.0 Å². The van der Waals surface area contributed by atoms with E-state index in [1.54, 1.807) is 0 Å². The van der Waals surface area contributed by atoms with Gasteiger partial charge < -0.3 is 25.0 Å². The van der Waals surface area contributed by atoms with E-state index >= 15 is 0 Å². The molecular weight excluding hydrogens is 753 g/mol. The summed E-state index contributed by atoms with van der Waals surface area (Å²) >= 11 is 0. The Kier molecular flexibility index (Phi) is 13.5. The quantitative estimate of drug-likeness (QED) is 0.104. The molecule has 0 radical (unpaired) electrons. The van der Waals surface area contributed by atoms with E-state index in [-0.39, 0.29) is 41.8 Å². The third-order valence-corrected chi connectivity index (χ3v) is 13.1. The molecule has 1 fully saturated rings. The number of ether oxygens (including phenoxy) is 2. The first kappa shape index (κ1) is 44.5. The van der Waals surface area contributed by atoms with Crippen LogP contribution in [0.5, 0.6) is 0 Å². The normalized spacial score (nSPS) is 24.2. The predicted molar refractivity (Wildman–Crippen MR) is 240 cm³/mol. The summed E-state index contributed by atoms with van der Waals surface area (Å²) in [5.74, 6) is -1.12. The van der Waals surface area contributed by atoms with Crippen LogP contribution in [-0.2, 0) is 19.1 Å². The molecule has 0 spiro atoms. The highest BCUT2D eigenvalue weighted by Gasteiger charge is 2.59. The number of carbonyl (C=O) groups excluding carboxylic acids is 2. The number of aliphatic hydroxyl groups excluding tert-OH is 1. The summed E-state index contributed by atoms with van der Waals surface area (Å²) in [5.41, 5.74) is 8.65. The highest BCUT2D eigenvalue weighted by molar-refractivity contribution is 6.26. The minimum absolute atomic E-state index is 0.0878. The van der Waals surface area contributed by atoms with Crippen molar-refractivity contribution in [2.75, 3.05) is 13.7 Å². The number of aliphatic imine (C=N–C) groups is 3. The van der Waals surface area contributed by atoms with Crippen molar-refractivity contribution in [3.05, 3.63) is 116 Å². The number of fused-ring (bicyclic) bond motifs is 5. The first-order chi connectivity index (χ1) is 28.5. The number of nitrogens with zero attached hydrogens (tertiary/aromatic N) is 3. The molecule has 3 N–H and O–H groups in total. The lowest BCUT2D eigenvalue weighted by atomic mass is 9.83. The summed E-state index contributed by atoms with van der Waals surface area (Å²) in [6.45, 7) is 23.3. The second-order valence-electron chi connectivity index (χ2n) is 17.7. The highest BCUT2D eigenvalue weighted by atomic mass is 16.5. The van der Waals surface area contributed by atoms with E-state index in [9.17, 15) is 19.8 Å². The van der Waals surface area contributed by atoms with Gasteiger partial charge in [-0.3, -0.25) is 4.79 Å². The smallest absolute Gasteiger partial charge is 0.350 e. The summed E-state index contributed by atoms with van der Waals surface area (Å²) in [6.07, 6.45) is 17.9. The van der Waals surface area contributed by atoms with Crippen molar-refractivity contribution in [1.29, 1.82) is 0 Å². The van der Waals surface area contributed by atoms with Crippen molar-refractivity contribution in [2.24, 2.45) is 38.6 Å². The molecule has 10 heteroatoms. The zero-order chi connectivity index (χ0) is 43.6. The van der Waals surface area contributed by atoms with Crippen molar-refractivity contribution in [3.8, 4) is 0 Å². The van der Waals surface area contributed by atoms with Crippen LogP contribution in [0.15, 0.2) is 131 Å². The van der Waals surface area contributed by atoms with Gasteiger partial charge in [0, 0.05) is 46.4 Å². The number of carbonyl (C=O) groups is 2. The Morgan fingerprint density at radius 2 is 1.67 bits per heavy atom. The van der Waals surface area contributed by atoms with Gasteiger partial charge in [0.2, 0.25) is 5.60 Å². The number of hydrogen-bond donors (Lipinski definition) is 3. The van der Waals surface area contributed by atoms with Crippen LogP contribution in [-0.4, -0.2) is 58.6 Å². The number of rotatable bonds is 16. The lowest BCUT2D eigenvalue weighted by Crippen LogP contribution is -2.44. The lowest BCUT2D eigenvalue weighted by molar-refractivity contribution is -0.156. The Balaban J connectivity index is 1.34. The largest absolute Gasteiger partial charge is 0.507 e. The van der Waals surface area contributed by atoms with Gasteiger partial charge in [-0.15, -0.1) is 0 Å². The van der Waals surface area contributed by atoms with E-state index < -0.39 is 23.2 Å². The molecule has 8 bridgehead atoms. The fourth-order valence-corrected chi connectivity index (χ4v) is 9.28. The van der Waals surface area contributed by atoms with Crippen molar-refractivity contribution in [3.63, 3.8) is 0 Å². The van der Waals surface area contributed by atoms with Gasteiger partial charge in [-0.1, -0.05) is 78.5 Å². The summed E-state index contributed by atoms with van der Waals surface area (Å²) in [4.78, 5) is 42.2. The zero-order valence-corrected chi connectivity index (χ0v) is 37.3. The molecule has 6 rings (SSSR count). The first-order valence-corrected chi connectivity index (χ1v) is 21.8. The summed E-state index contributed by atoms with van der Waals surface area (Å²) < 4.78 is 10.9. The van der Waals surface area contributed by atoms with E-state index in [0.29, 0.717) is 29.3 Å². The maximum absolute atomic E-state index is 13.7. The second kappa shape index (κ2) is 18.3. The number of esters is 2. The van der Waals surface area contributed by atoms with Crippen LogP contribution in [0.25, 0.3) is 0 Å². The third kappa shape index (κ3) is 8.45. The fourth-order valence-electron chi connectivity index (χ4n) is 9.28. The van der Waals surface area contributed by atoms with Gasteiger partial charge in [-0.05, 0) is 112 Å². The molecule has 0 saturated carbocycles. The average Bonchev–Trinajstić information content (AvgIpc) is 3.93. The van der Waals surface area contributed by atoms with E-state index in [2.05, 4.69) is 53.4 Å². The van der Waals surface area contributed by atoms with Crippen molar-refractivity contribution >= 4 is 29.1 Å². The molecule has 5 heterocycles. The predicted octanol–water partition coefficient (Wildman–Crippen LogP) is 10.3. The van der Waals surface area contributed by atoms with E-state index in [1.165, 1.54) is 38.4 Å². The van der Waals surface area contributed by atoms with Crippen LogP contribution in [0, 0.1) is 23.7 Å². The maximum Gasteiger partial charge on any atom is 0.350 e. The minimum Gasteiger partial charge on any atom is -0.507 e. The topological polar surface area (TPSA) is 142 Å². The molecule has 10 nitrogen and oxygen atoms in total. The molecule has 0 aromatic heterocycles. The number of hydrogen-bond acceptors (Lipinski definition) is 10. The molecule has 320 valence electrons. The van der Waals surface area contributed by atoms with Crippen LogP contribution in [0.4, 0.5) is 0 Å². The Bertz CT molecular complexity index is 2250. The van der Waals surface area contributed by atoms with Gasteiger partial charge in [-0.25, -0.2) is 19.8 Å². The molecular formula is C50H64N4O6. The fraction of sp³-hybridized carbons (Fsp3) is 0.500. The molecule has 6 aliphatic rings. The van der Waals surface area contributed by atoms with E-state index in [1.807, 2.05) is 51.2 Å². The van der Waals surface area contributed by atoms with Crippen molar-refractivity contribution < 1.29 is 29.3 Å². The highest BCUT2D eigenvalue weighted by Crippen LogP contribution is 2.51. The standard InChI is InChI=1S/C50H64N4O6/c1-12-34-30(7)37-24-39-32(9)36(20-21-43(55)60-23-22-29(6)19-15-18-28(5)17-14-16-27(3)4)46(53-39)45-47-44(48(56)50(45,58)49(57)59-11)33(10)40(54-47)26-42-35(13-2)31(8)38(52-42)25-41(34)51-37/h12,22,24-28,32,36,53,56,58H,1,13-21,23H2,2-11H3/b29-22+,39-24?,41-25?,42-26?,46-45?/t28?,32-,36?,50+/m0/s1. The molecule has 4 atom stereocenters. The lowest BCUT2D eigenvalue weighted by Gasteiger charge is -2.26. The maximum atomic E-state index is 13.7. The Morgan fingerprint density at radius 3 is 2.35 bits per heavy atom. The van der Waals surface area contributed by atoms with Crippen LogP contribution in [0.2, 0.25) is 0 Å². The zero-order valence-electron chi connectivity index (χ0n) is 37.3. The van der Waals surface area contributed by atoms with Gasteiger partial charge in [0.1, 0.15) is 6.61 Å². The third-order valence-electron chi connectivity index (χ3n) is 13.1. The molecule has 1 aliphatic carbocycles. The van der Waals surface area contributed by atoms with Crippen LogP contribution in [0.3, 0.4) is 0 Å². The molecule has 1 saturated heterocycles. The van der Waals surface area contributed by atoms with Gasteiger partial charge in [-0.2, -0.15) is 0 Å². The van der Waals surface area contributed by atoms with Gasteiger partial charge >= 0.3 is 11.9 Å². The van der Waals surface area contributed by atoms with Crippen LogP contribution >= 0.6 is 0 Å². The molecule has 60 heavy (non-hydrogen) atoms. The van der Waals surface area contributed by atoms with Gasteiger partial charge in [0.05, 0.1) is 41.3 Å². The Morgan fingerprint density at radius 1 is 0.967 bits per heavy atom. The Hall–Kier alpha value is -5.09. The molecule has 0 aromatic rings. The second-order valence-corrected chi connectivity index (χ2v) is 17.7. The first-order valence-electron chi connectivity index (χ1n) is 21.8. The van der Waals surface area contributed by atoms with Crippen LogP contribution in [0.1, 0.15) is 120 Å². The number of aliphatic hydroxyl groups is 2. The van der Waals surface area contributed by atoms with Crippen molar-refractivity contribution in [1.82, 2.24) is 5.32 Å². The summed E-state index contributed by atoms with van der Waals surface area (Å²) in [5, 5.41) is 27.8. The molecule has 0 aromatic carbocycles. The molecule has 0 amide bonds. The molecule has 2 unspecified atom stereocenters. The summed E-state index contributed by atoms with van der Waals surface area (Å²) in [6, 6.07) is 0. The van der Waals surface area contributed by atoms with Gasteiger partial charge in [0.25, 0.3) is 0 Å². The van der Waals surface area contributed by atoms with Gasteiger partial charge in [0.15, 0.2) is 5.76 Å². The molecule has 5 aliphatic heterocycles.